The van der Waals surface area contributed by atoms with E-state index in [-0.39, 0.29) is 18.3 Å². The monoisotopic (exact) mass is 288 g/mol. The van der Waals surface area contributed by atoms with E-state index in [1.165, 1.54) is 6.42 Å². The molecule has 1 saturated heterocycles. The minimum Gasteiger partial charge on any atom is -0.374 e. The van der Waals surface area contributed by atoms with Gasteiger partial charge in [-0.1, -0.05) is 6.42 Å². The Kier molecular flexibility index (Phi) is 5.09. The maximum atomic E-state index is 12.7. The van der Waals surface area contributed by atoms with E-state index in [4.69, 9.17) is 10.5 Å². The van der Waals surface area contributed by atoms with Crippen LogP contribution >= 0.6 is 12.4 Å². The molecule has 0 aromatic heterocycles. The number of morpholine rings is 1. The van der Waals surface area contributed by atoms with Crippen molar-refractivity contribution in [1.82, 2.24) is 4.90 Å². The number of nitrogens with zero attached hydrogens (tertiary/aromatic N) is 1. The predicted octanol–water partition coefficient (Wildman–Crippen LogP) is 1.56. The van der Waals surface area contributed by atoms with E-state index in [0.717, 1.165) is 38.6 Å². The van der Waals surface area contributed by atoms with Gasteiger partial charge in [0.1, 0.15) is 0 Å². The second-order valence-electron chi connectivity index (χ2n) is 5.97. The van der Waals surface area contributed by atoms with Gasteiger partial charge in [0.2, 0.25) is 5.91 Å². The molecule has 1 aliphatic heterocycles. The van der Waals surface area contributed by atoms with E-state index >= 15 is 0 Å². The number of carbonyl (C=O) groups is 1. The number of carbonyl (C=O) groups excluding carboxylic acids is 1. The lowest BCUT2D eigenvalue weighted by molar-refractivity contribution is -0.149. The van der Waals surface area contributed by atoms with Crippen molar-refractivity contribution in [3.63, 3.8) is 0 Å². The number of rotatable bonds is 2. The van der Waals surface area contributed by atoms with Crippen molar-refractivity contribution in [2.24, 2.45) is 17.6 Å². The normalized spacial score (nSPS) is 37.8. The standard InChI is InChI=1S/C14H24N2O2.ClH/c15-9-10-3-1-4-11(10)14(17)16-7-8-18-13-6-2-5-12(13)16;/h10-13H,1-9,15H2;1H/t10-,11-,12?,13?;/m1./s1. The molecule has 2 saturated carbocycles. The van der Waals surface area contributed by atoms with Crippen LogP contribution in [0.25, 0.3) is 0 Å². The molecule has 2 aliphatic carbocycles. The van der Waals surface area contributed by atoms with E-state index < -0.39 is 0 Å². The second-order valence-corrected chi connectivity index (χ2v) is 5.97. The number of hydrogen-bond acceptors (Lipinski definition) is 3. The number of nitrogens with two attached hydrogens (primary N) is 1. The lowest BCUT2D eigenvalue weighted by atomic mass is 9.93. The summed E-state index contributed by atoms with van der Waals surface area (Å²) < 4.78 is 5.78. The molecule has 4 atom stereocenters. The van der Waals surface area contributed by atoms with Crippen LogP contribution in [0.4, 0.5) is 0 Å². The van der Waals surface area contributed by atoms with Crippen LogP contribution in [-0.4, -0.2) is 42.6 Å². The first-order valence-electron chi connectivity index (χ1n) is 7.43. The van der Waals surface area contributed by atoms with Crippen molar-refractivity contribution in [3.05, 3.63) is 0 Å². The van der Waals surface area contributed by atoms with Gasteiger partial charge < -0.3 is 15.4 Å². The largest absolute Gasteiger partial charge is 0.374 e. The molecule has 0 bridgehead atoms. The van der Waals surface area contributed by atoms with Crippen molar-refractivity contribution in [2.75, 3.05) is 19.7 Å². The first kappa shape index (κ1) is 15.1. The summed E-state index contributed by atoms with van der Waals surface area (Å²) in [6.45, 7) is 2.16. The Labute approximate surface area is 121 Å². The molecule has 1 amide bonds. The molecule has 0 aromatic carbocycles. The first-order chi connectivity index (χ1) is 8.81. The fourth-order valence-electron chi connectivity index (χ4n) is 4.06. The van der Waals surface area contributed by atoms with Crippen LogP contribution in [0.3, 0.4) is 0 Å². The lowest BCUT2D eigenvalue weighted by Gasteiger charge is -2.39. The zero-order valence-electron chi connectivity index (χ0n) is 11.4. The van der Waals surface area contributed by atoms with Crippen LogP contribution in [0.15, 0.2) is 0 Å². The number of hydrogen-bond donors (Lipinski definition) is 1. The summed E-state index contributed by atoms with van der Waals surface area (Å²) >= 11 is 0. The number of halogens is 1. The highest BCUT2D eigenvalue weighted by atomic mass is 35.5. The molecule has 1 heterocycles. The highest BCUT2D eigenvalue weighted by Gasteiger charge is 2.42. The van der Waals surface area contributed by atoms with Crippen LogP contribution < -0.4 is 5.73 Å². The summed E-state index contributed by atoms with van der Waals surface area (Å²) in [5.74, 6) is 0.970. The third-order valence-electron chi connectivity index (χ3n) is 5.04. The average Bonchev–Trinajstić information content (AvgIpc) is 3.05. The van der Waals surface area contributed by atoms with Gasteiger partial charge in [0, 0.05) is 12.5 Å². The van der Waals surface area contributed by atoms with E-state index in [0.29, 0.717) is 37.1 Å². The molecule has 5 heteroatoms. The van der Waals surface area contributed by atoms with Gasteiger partial charge in [-0.25, -0.2) is 0 Å². The number of ether oxygens (including phenoxy) is 1. The summed E-state index contributed by atoms with van der Waals surface area (Å²) in [7, 11) is 0. The Balaban J connectivity index is 0.00000133. The molecular weight excluding hydrogens is 264 g/mol. The van der Waals surface area contributed by atoms with Crippen LogP contribution in [0.5, 0.6) is 0 Å². The summed E-state index contributed by atoms with van der Waals surface area (Å²) in [5.41, 5.74) is 5.80. The fourth-order valence-corrected chi connectivity index (χ4v) is 4.06. The van der Waals surface area contributed by atoms with Crippen LogP contribution in [0, 0.1) is 11.8 Å². The van der Waals surface area contributed by atoms with Crippen molar-refractivity contribution in [3.8, 4) is 0 Å². The quantitative estimate of drug-likeness (QED) is 0.839. The summed E-state index contributed by atoms with van der Waals surface area (Å²) in [5, 5.41) is 0. The summed E-state index contributed by atoms with van der Waals surface area (Å²) in [4.78, 5) is 14.9. The molecule has 2 N–H and O–H groups in total. The van der Waals surface area contributed by atoms with Gasteiger partial charge in [-0.15, -0.1) is 12.4 Å². The topological polar surface area (TPSA) is 55.6 Å². The molecule has 0 spiro atoms. The number of amides is 1. The second kappa shape index (κ2) is 6.42. The lowest BCUT2D eigenvalue weighted by Crippen LogP contribution is -2.53. The van der Waals surface area contributed by atoms with Gasteiger partial charge in [-0.3, -0.25) is 4.79 Å². The van der Waals surface area contributed by atoms with Gasteiger partial charge in [0.25, 0.3) is 0 Å². The molecule has 19 heavy (non-hydrogen) atoms. The van der Waals surface area contributed by atoms with E-state index in [1.54, 1.807) is 0 Å². The minimum absolute atomic E-state index is 0. The summed E-state index contributed by atoms with van der Waals surface area (Å²) in [6, 6.07) is 0.352. The molecule has 3 rings (SSSR count). The van der Waals surface area contributed by atoms with E-state index in [2.05, 4.69) is 4.90 Å². The van der Waals surface area contributed by atoms with Crippen molar-refractivity contribution in [2.45, 2.75) is 50.7 Å². The van der Waals surface area contributed by atoms with Crippen molar-refractivity contribution < 1.29 is 9.53 Å². The Hall–Kier alpha value is -0.320. The fraction of sp³-hybridized carbons (Fsp3) is 0.929. The molecule has 2 unspecified atom stereocenters. The SMILES string of the molecule is Cl.NC[C@H]1CCC[C@H]1C(=O)N1CCOC2CCCC21. The van der Waals surface area contributed by atoms with Gasteiger partial charge in [0.05, 0.1) is 18.8 Å². The van der Waals surface area contributed by atoms with Crippen LogP contribution in [0.2, 0.25) is 0 Å². The first-order valence-corrected chi connectivity index (χ1v) is 7.43. The Bertz CT molecular complexity index is 327. The molecule has 110 valence electrons. The third-order valence-corrected chi connectivity index (χ3v) is 5.04. The van der Waals surface area contributed by atoms with Crippen LogP contribution in [-0.2, 0) is 9.53 Å². The van der Waals surface area contributed by atoms with Gasteiger partial charge in [-0.05, 0) is 44.6 Å². The molecule has 4 nitrogen and oxygen atoms in total. The Morgan fingerprint density at radius 2 is 2.00 bits per heavy atom. The third kappa shape index (κ3) is 2.76. The zero-order chi connectivity index (χ0) is 12.5. The van der Waals surface area contributed by atoms with E-state index in [1.807, 2.05) is 0 Å². The molecule has 3 aliphatic rings. The van der Waals surface area contributed by atoms with Crippen LogP contribution in [0.1, 0.15) is 38.5 Å². The molecular formula is C14H25ClN2O2. The van der Waals surface area contributed by atoms with Crippen molar-refractivity contribution in [1.29, 1.82) is 0 Å². The molecule has 0 aromatic rings. The Morgan fingerprint density at radius 3 is 2.79 bits per heavy atom. The highest BCUT2D eigenvalue weighted by Crippen LogP contribution is 2.36. The van der Waals surface area contributed by atoms with Gasteiger partial charge >= 0.3 is 0 Å². The highest BCUT2D eigenvalue weighted by molar-refractivity contribution is 5.85. The average molecular weight is 289 g/mol. The summed E-state index contributed by atoms with van der Waals surface area (Å²) in [6.07, 6.45) is 7.08. The van der Waals surface area contributed by atoms with E-state index in [9.17, 15) is 4.79 Å². The van der Waals surface area contributed by atoms with Crippen molar-refractivity contribution >= 4 is 18.3 Å². The molecule has 3 fully saturated rings. The van der Waals surface area contributed by atoms with Gasteiger partial charge in [-0.2, -0.15) is 0 Å². The molecule has 0 radical (unpaired) electrons. The maximum Gasteiger partial charge on any atom is 0.226 e. The smallest absolute Gasteiger partial charge is 0.226 e. The minimum atomic E-state index is 0. The maximum absolute atomic E-state index is 12.7. The zero-order valence-corrected chi connectivity index (χ0v) is 12.2. The Morgan fingerprint density at radius 1 is 1.21 bits per heavy atom. The number of fused-ring (bicyclic) bond motifs is 1. The van der Waals surface area contributed by atoms with Gasteiger partial charge in [0.15, 0.2) is 0 Å². The predicted molar refractivity (Wildman–Crippen MR) is 76.2 cm³/mol.